The Morgan fingerprint density at radius 3 is 1.23 bits per heavy atom. The van der Waals surface area contributed by atoms with E-state index in [9.17, 15) is 0 Å². The van der Waals surface area contributed by atoms with E-state index in [4.69, 9.17) is 10.7 Å². The van der Waals surface area contributed by atoms with Gasteiger partial charge < -0.3 is 4.84 Å². The molecule has 0 aromatic carbocycles. The molecule has 0 spiro atoms. The molecular weight excluding hydrogens is 270 g/mol. The van der Waals surface area contributed by atoms with Gasteiger partial charge in [-0.25, -0.2) is 5.90 Å². The van der Waals surface area contributed by atoms with Crippen molar-refractivity contribution in [1.29, 1.82) is 0 Å². The third kappa shape index (κ3) is 18.0. The Bertz CT molecular complexity index is 196. The predicted octanol–water partition coefficient (Wildman–Crippen LogP) is 6.92. The molecule has 0 aromatic rings. The molecule has 0 saturated carbocycles. The Hall–Kier alpha value is -0.0800. The molecule has 0 amide bonds. The summed E-state index contributed by atoms with van der Waals surface area (Å²) in [5.74, 6) is 5.14. The summed E-state index contributed by atoms with van der Waals surface area (Å²) < 4.78 is 0. The summed E-state index contributed by atoms with van der Waals surface area (Å²) in [6.45, 7) is 4.34. The lowest BCUT2D eigenvalue weighted by molar-refractivity contribution is 0.0588. The Morgan fingerprint density at radius 1 is 0.591 bits per heavy atom. The van der Waals surface area contributed by atoms with E-state index in [0.29, 0.717) is 0 Å². The van der Waals surface area contributed by atoms with Crippen LogP contribution in [0.5, 0.6) is 0 Å². The largest absolute Gasteiger partial charge is 0.302 e. The van der Waals surface area contributed by atoms with Crippen LogP contribution >= 0.6 is 0 Å². The summed E-state index contributed by atoms with van der Waals surface area (Å²) in [6.07, 6.45) is 24.1. The molecule has 0 aliphatic carbocycles. The van der Waals surface area contributed by atoms with Gasteiger partial charge in [0, 0.05) is 0 Å². The maximum absolute atomic E-state index is 5.14. The minimum atomic E-state index is 0.228. The first kappa shape index (κ1) is 21.9. The summed E-state index contributed by atoms with van der Waals surface area (Å²) in [6, 6.07) is 0. The normalized spacial score (nSPS) is 12.7. The summed E-state index contributed by atoms with van der Waals surface area (Å²) in [4.78, 5) is 4.77. The highest BCUT2D eigenvalue weighted by Crippen LogP contribution is 2.14. The van der Waals surface area contributed by atoms with E-state index >= 15 is 0 Å². The molecule has 22 heavy (non-hydrogen) atoms. The lowest BCUT2D eigenvalue weighted by Crippen LogP contribution is -2.12. The fraction of sp³-hybridized carbons (Fsp3) is 1.00. The smallest absolute Gasteiger partial charge is 0.0759 e. The van der Waals surface area contributed by atoms with Crippen LogP contribution in [-0.4, -0.2) is 6.10 Å². The van der Waals surface area contributed by atoms with E-state index in [1.54, 1.807) is 0 Å². The van der Waals surface area contributed by atoms with E-state index < -0.39 is 0 Å². The van der Waals surface area contributed by atoms with Crippen LogP contribution in [0.1, 0.15) is 123 Å². The van der Waals surface area contributed by atoms with Crippen LogP contribution in [-0.2, 0) is 4.84 Å². The summed E-state index contributed by atoms with van der Waals surface area (Å²) in [5.41, 5.74) is 0. The van der Waals surface area contributed by atoms with E-state index in [1.165, 1.54) is 103 Å². The number of unbranched alkanes of at least 4 members (excludes halogenated alkanes) is 15. The van der Waals surface area contributed by atoms with Crippen LogP contribution in [0.15, 0.2) is 0 Å². The number of nitrogens with two attached hydrogens (primary N) is 1. The van der Waals surface area contributed by atoms with Crippen molar-refractivity contribution >= 4 is 0 Å². The zero-order valence-electron chi connectivity index (χ0n) is 15.6. The zero-order chi connectivity index (χ0) is 16.3. The molecule has 1 unspecified atom stereocenters. The standard InChI is InChI=1S/C20H43NO/c1-3-4-5-6-7-8-9-10-11-12-13-14-15-16-17-18-19-20(2)22-21/h20H,3-19,21H2,1-2H3. The van der Waals surface area contributed by atoms with Crippen molar-refractivity contribution < 1.29 is 4.84 Å². The van der Waals surface area contributed by atoms with Gasteiger partial charge in [-0.1, -0.05) is 110 Å². The third-order valence-corrected chi connectivity index (χ3v) is 4.70. The van der Waals surface area contributed by atoms with Crippen molar-refractivity contribution in [3.63, 3.8) is 0 Å². The molecular formula is C20H43NO. The van der Waals surface area contributed by atoms with E-state index in [1.807, 2.05) is 6.92 Å². The van der Waals surface area contributed by atoms with Crippen molar-refractivity contribution in [1.82, 2.24) is 0 Å². The average Bonchev–Trinajstić information content (AvgIpc) is 2.54. The topological polar surface area (TPSA) is 35.2 Å². The van der Waals surface area contributed by atoms with E-state index in [2.05, 4.69) is 6.92 Å². The van der Waals surface area contributed by atoms with Gasteiger partial charge in [0.15, 0.2) is 0 Å². The number of hydrogen-bond acceptors (Lipinski definition) is 2. The maximum Gasteiger partial charge on any atom is 0.0759 e. The fourth-order valence-electron chi connectivity index (χ4n) is 3.05. The number of rotatable bonds is 18. The molecule has 2 nitrogen and oxygen atoms in total. The van der Waals surface area contributed by atoms with Gasteiger partial charge in [-0.15, -0.1) is 0 Å². The second-order valence-corrected chi connectivity index (χ2v) is 7.04. The van der Waals surface area contributed by atoms with Crippen LogP contribution in [0.3, 0.4) is 0 Å². The lowest BCUT2D eigenvalue weighted by Gasteiger charge is -2.07. The van der Waals surface area contributed by atoms with E-state index in [0.717, 1.165) is 6.42 Å². The predicted molar refractivity (Wildman–Crippen MR) is 98.9 cm³/mol. The molecule has 0 aromatic heterocycles. The summed E-state index contributed by atoms with van der Waals surface area (Å²) >= 11 is 0. The highest BCUT2D eigenvalue weighted by molar-refractivity contribution is 4.52. The first-order chi connectivity index (χ1) is 10.8. The highest BCUT2D eigenvalue weighted by Gasteiger charge is 1.99. The molecule has 0 heterocycles. The van der Waals surface area contributed by atoms with Gasteiger partial charge in [-0.2, -0.15) is 0 Å². The molecule has 0 fully saturated rings. The Balaban J connectivity index is 2.97. The van der Waals surface area contributed by atoms with Gasteiger partial charge >= 0.3 is 0 Å². The Labute approximate surface area is 140 Å². The summed E-state index contributed by atoms with van der Waals surface area (Å²) in [7, 11) is 0. The third-order valence-electron chi connectivity index (χ3n) is 4.70. The SMILES string of the molecule is CCCCCCCCCCCCCCCCCCC(C)ON. The molecule has 134 valence electrons. The molecule has 0 aliphatic rings. The minimum Gasteiger partial charge on any atom is -0.302 e. The lowest BCUT2D eigenvalue weighted by atomic mass is 10.0. The van der Waals surface area contributed by atoms with Crippen LogP contribution in [0.2, 0.25) is 0 Å². The highest BCUT2D eigenvalue weighted by atomic mass is 16.6. The quantitative estimate of drug-likeness (QED) is 0.220. The Kier molecular flexibility index (Phi) is 18.9. The van der Waals surface area contributed by atoms with Crippen LogP contribution < -0.4 is 5.90 Å². The minimum absolute atomic E-state index is 0.228. The van der Waals surface area contributed by atoms with Crippen molar-refractivity contribution in [3.8, 4) is 0 Å². The van der Waals surface area contributed by atoms with E-state index in [-0.39, 0.29) is 6.10 Å². The van der Waals surface area contributed by atoms with Gasteiger partial charge in [-0.05, 0) is 13.3 Å². The first-order valence-corrected chi connectivity index (χ1v) is 10.2. The van der Waals surface area contributed by atoms with Crippen molar-refractivity contribution in [2.75, 3.05) is 0 Å². The molecule has 2 N–H and O–H groups in total. The van der Waals surface area contributed by atoms with Gasteiger partial charge in [0.05, 0.1) is 6.10 Å². The zero-order valence-corrected chi connectivity index (χ0v) is 15.6. The molecule has 0 saturated heterocycles. The monoisotopic (exact) mass is 313 g/mol. The van der Waals surface area contributed by atoms with Crippen molar-refractivity contribution in [3.05, 3.63) is 0 Å². The summed E-state index contributed by atoms with van der Waals surface area (Å²) in [5, 5.41) is 0. The molecule has 0 radical (unpaired) electrons. The van der Waals surface area contributed by atoms with Crippen molar-refractivity contribution in [2.24, 2.45) is 5.90 Å². The van der Waals surface area contributed by atoms with Gasteiger partial charge in [-0.3, -0.25) is 0 Å². The molecule has 0 aliphatic heterocycles. The van der Waals surface area contributed by atoms with Gasteiger partial charge in [0.25, 0.3) is 0 Å². The van der Waals surface area contributed by atoms with Crippen molar-refractivity contribution in [2.45, 2.75) is 129 Å². The molecule has 2 heteroatoms. The fourth-order valence-corrected chi connectivity index (χ4v) is 3.05. The van der Waals surface area contributed by atoms with Gasteiger partial charge in [0.1, 0.15) is 0 Å². The second kappa shape index (κ2) is 19.0. The van der Waals surface area contributed by atoms with Crippen LogP contribution in [0.4, 0.5) is 0 Å². The first-order valence-electron chi connectivity index (χ1n) is 10.2. The average molecular weight is 314 g/mol. The molecule has 1 atom stereocenters. The van der Waals surface area contributed by atoms with Gasteiger partial charge in [0.2, 0.25) is 0 Å². The second-order valence-electron chi connectivity index (χ2n) is 7.04. The van der Waals surface area contributed by atoms with Crippen LogP contribution in [0.25, 0.3) is 0 Å². The maximum atomic E-state index is 5.14. The Morgan fingerprint density at radius 2 is 0.909 bits per heavy atom. The molecule has 0 rings (SSSR count). The number of hydrogen-bond donors (Lipinski definition) is 1. The molecule has 0 bridgehead atoms. The van der Waals surface area contributed by atoms with Crippen LogP contribution in [0, 0.1) is 0 Å².